The molecule has 0 aliphatic rings. The van der Waals surface area contributed by atoms with E-state index < -0.39 is 0 Å². The van der Waals surface area contributed by atoms with Gasteiger partial charge in [-0.15, -0.1) is 12.8 Å². The van der Waals surface area contributed by atoms with Crippen molar-refractivity contribution in [3.05, 3.63) is 5.14 Å². The molecule has 0 aliphatic carbocycles. The Morgan fingerprint density at radius 2 is 1.20 bits per heavy atom. The number of hydrogen-bond donors (Lipinski definition) is 0. The minimum atomic E-state index is 0. The van der Waals surface area contributed by atoms with E-state index in [1.54, 1.807) is 0 Å². The first kappa shape index (κ1) is 29.9. The fraction of sp³-hybridized carbons (Fsp3) is 0. The number of hydrogen-bond acceptors (Lipinski definition) is 1. The Labute approximate surface area is 65.4 Å². The Morgan fingerprint density at radius 1 is 1.20 bits per heavy atom. The SMILES string of the molecule is [Fe+2].[Fe].[NH-][SH2+].[SH-]. The van der Waals surface area contributed by atoms with E-state index in [4.69, 9.17) is 5.14 Å². The van der Waals surface area contributed by atoms with Crippen molar-refractivity contribution >= 4 is 26.3 Å². The van der Waals surface area contributed by atoms with Crippen LogP contribution in [0.5, 0.6) is 0 Å². The van der Waals surface area contributed by atoms with Gasteiger partial charge in [-0.1, -0.05) is 0 Å². The molecule has 0 aliphatic heterocycles. The van der Waals surface area contributed by atoms with Crippen LogP contribution in [0.25, 0.3) is 5.14 Å². The van der Waals surface area contributed by atoms with Gasteiger partial charge < -0.3 is 18.6 Å². The van der Waals surface area contributed by atoms with E-state index in [0.29, 0.717) is 0 Å². The number of thiol groups is 1. The molecule has 0 radical (unpaired) electrons. The van der Waals surface area contributed by atoms with Crippen molar-refractivity contribution in [1.29, 1.82) is 0 Å². The van der Waals surface area contributed by atoms with Crippen LogP contribution in [0.3, 0.4) is 0 Å². The molecule has 0 aromatic carbocycles. The minimum Gasteiger partial charge on any atom is -0.813 e. The zero-order chi connectivity index (χ0) is 2.00. The largest absolute Gasteiger partial charge is 2.00 e. The van der Waals surface area contributed by atoms with E-state index in [2.05, 4.69) is 12.8 Å². The van der Waals surface area contributed by atoms with E-state index in [1.165, 1.54) is 0 Å². The molecule has 0 rings (SSSR count). The van der Waals surface area contributed by atoms with Crippen LogP contribution >= 0.6 is 0 Å². The quantitative estimate of drug-likeness (QED) is 0.224. The molecule has 1 nitrogen and oxygen atoms in total. The third kappa shape index (κ3) is 27.0. The minimum absolute atomic E-state index is 0. The van der Waals surface area contributed by atoms with Crippen LogP contribution < -0.4 is 0 Å². The molecule has 0 atom stereocenters. The summed E-state index contributed by atoms with van der Waals surface area (Å²) in [4.78, 5) is 0. The van der Waals surface area contributed by atoms with E-state index in [9.17, 15) is 0 Å². The zero-order valence-corrected chi connectivity index (χ0v) is 6.26. The summed E-state index contributed by atoms with van der Waals surface area (Å²) in [5.74, 6) is 0. The molecule has 0 aromatic rings. The average molecular weight is 194 g/mol. The molecule has 0 spiro atoms. The monoisotopic (exact) mass is 194 g/mol. The molecule has 0 aromatic heterocycles. The molecular formula is H4Fe2NS2+. The molecule has 0 unspecified atom stereocenters. The van der Waals surface area contributed by atoms with Gasteiger partial charge in [0.15, 0.2) is 0 Å². The van der Waals surface area contributed by atoms with Crippen molar-refractivity contribution < 1.29 is 34.1 Å². The summed E-state index contributed by atoms with van der Waals surface area (Å²) in [6, 6.07) is 0. The molecule has 36 valence electrons. The van der Waals surface area contributed by atoms with Gasteiger partial charge in [0.1, 0.15) is 0 Å². The normalized spacial score (nSPS) is 1.20. The van der Waals surface area contributed by atoms with Gasteiger partial charge in [-0.3, -0.25) is 0 Å². The third-order valence-electron chi connectivity index (χ3n) is 0. The van der Waals surface area contributed by atoms with E-state index >= 15 is 0 Å². The summed E-state index contributed by atoms with van der Waals surface area (Å²) in [7, 11) is 0. The van der Waals surface area contributed by atoms with Gasteiger partial charge in [-0.2, -0.15) is 0 Å². The molecule has 0 heterocycles. The maximum atomic E-state index is 5.56. The van der Waals surface area contributed by atoms with Crippen LogP contribution in [0.15, 0.2) is 0 Å². The maximum Gasteiger partial charge on any atom is 2.00 e. The Balaban J connectivity index is -0.00000000167. The van der Waals surface area contributed by atoms with Crippen LogP contribution in [0.1, 0.15) is 0 Å². The number of nitrogens with one attached hydrogen (secondary N) is 1. The van der Waals surface area contributed by atoms with Crippen molar-refractivity contribution in [3.8, 4) is 0 Å². The first-order chi connectivity index (χ1) is 1.00. The topological polar surface area (TPSA) is 23.8 Å². The fourth-order valence-corrected chi connectivity index (χ4v) is 0. The first-order valence-corrected chi connectivity index (χ1v) is 0.750. The van der Waals surface area contributed by atoms with Crippen molar-refractivity contribution in [2.75, 3.05) is 0 Å². The van der Waals surface area contributed by atoms with Crippen molar-refractivity contribution in [2.45, 2.75) is 0 Å². The molecule has 0 amide bonds. The van der Waals surface area contributed by atoms with Gasteiger partial charge in [-0.25, -0.2) is 0 Å². The molecule has 1 N–H and O–H groups in total. The van der Waals surface area contributed by atoms with Crippen LogP contribution in [-0.4, -0.2) is 0 Å². The second-order valence-electron chi connectivity index (χ2n) is 0. The Bertz CT molecular complexity index is 7.61. The van der Waals surface area contributed by atoms with Gasteiger partial charge in [0.25, 0.3) is 0 Å². The summed E-state index contributed by atoms with van der Waals surface area (Å²) in [5.41, 5.74) is 0. The van der Waals surface area contributed by atoms with Crippen LogP contribution in [0.4, 0.5) is 0 Å². The number of rotatable bonds is 0. The van der Waals surface area contributed by atoms with E-state index in [-0.39, 0.29) is 47.6 Å². The second kappa shape index (κ2) is 43.6. The maximum absolute atomic E-state index is 5.56. The smallest absolute Gasteiger partial charge is 0.813 e. The summed E-state index contributed by atoms with van der Waals surface area (Å²) in [6.45, 7) is 0. The predicted octanol–water partition coefficient (Wildman–Crippen LogP) is -0.310. The van der Waals surface area contributed by atoms with Gasteiger partial charge in [0.2, 0.25) is 0 Å². The Morgan fingerprint density at radius 3 is 1.20 bits per heavy atom. The Kier molecular flexibility index (Phi) is 260. The van der Waals surface area contributed by atoms with Gasteiger partial charge in [-0.05, 0) is 0 Å². The van der Waals surface area contributed by atoms with Crippen molar-refractivity contribution in [3.63, 3.8) is 0 Å². The van der Waals surface area contributed by atoms with E-state index in [0.717, 1.165) is 0 Å². The zero-order valence-electron chi connectivity index (χ0n) is 2.15. The van der Waals surface area contributed by atoms with Gasteiger partial charge in [0.05, 0.1) is 0 Å². The van der Waals surface area contributed by atoms with Crippen molar-refractivity contribution in [1.82, 2.24) is 0 Å². The average Bonchev–Trinajstić information content (AvgIpc) is 1.00. The summed E-state index contributed by atoms with van der Waals surface area (Å²) in [5, 5.41) is 5.56. The van der Waals surface area contributed by atoms with Gasteiger partial charge >= 0.3 is 17.1 Å². The molecule has 0 saturated heterocycles. The molecule has 5 heteroatoms. The first-order valence-electron chi connectivity index (χ1n) is 0.250. The molecular weight excluding hydrogens is 190 g/mol. The second-order valence-corrected chi connectivity index (χ2v) is 0. The van der Waals surface area contributed by atoms with Crippen LogP contribution in [0.2, 0.25) is 0 Å². The Hall–Kier alpha value is 1.70. The predicted molar refractivity (Wildman–Crippen MR) is 23.2 cm³/mol. The van der Waals surface area contributed by atoms with Crippen LogP contribution in [-0.2, 0) is 60.4 Å². The summed E-state index contributed by atoms with van der Waals surface area (Å²) in [6.07, 6.45) is 0. The summed E-state index contributed by atoms with van der Waals surface area (Å²) >= 11 is 2.22. The molecule has 0 bridgehead atoms. The standard InChI is InChI=1S/2Fe.H3NS.H2S/c;;1-2;/h;;1H,2H2;1H2/q;+2;;/p-1. The molecule has 0 saturated carbocycles. The van der Waals surface area contributed by atoms with Gasteiger partial charge in [0, 0.05) is 17.1 Å². The van der Waals surface area contributed by atoms with E-state index in [1.807, 2.05) is 0 Å². The van der Waals surface area contributed by atoms with Crippen molar-refractivity contribution in [2.24, 2.45) is 0 Å². The fourth-order valence-electron chi connectivity index (χ4n) is 0. The third-order valence-corrected chi connectivity index (χ3v) is 0. The summed E-state index contributed by atoms with van der Waals surface area (Å²) < 4.78 is 0. The van der Waals surface area contributed by atoms with Crippen LogP contribution in [0, 0.1) is 0 Å². The molecule has 0 fully saturated rings. The molecule has 5 heavy (non-hydrogen) atoms.